The molecule has 0 fully saturated rings. The number of nitrogen functional groups attached to an aromatic ring is 1. The summed E-state index contributed by atoms with van der Waals surface area (Å²) in [6, 6.07) is 0. The third-order valence-electron chi connectivity index (χ3n) is 2.79. The van der Waals surface area contributed by atoms with Crippen molar-refractivity contribution in [3.05, 3.63) is 16.7 Å². The van der Waals surface area contributed by atoms with E-state index in [4.69, 9.17) is 10.6 Å². The maximum absolute atomic E-state index is 5.52. The number of rotatable bonds is 1. The van der Waals surface area contributed by atoms with Crippen LogP contribution in [0.3, 0.4) is 0 Å². The van der Waals surface area contributed by atoms with E-state index in [1.54, 1.807) is 7.11 Å². The molecule has 0 saturated carbocycles. The third-order valence-corrected chi connectivity index (χ3v) is 2.79. The van der Waals surface area contributed by atoms with Gasteiger partial charge in [0.25, 0.3) is 0 Å². The molecule has 0 aliphatic rings. The van der Waals surface area contributed by atoms with Gasteiger partial charge in [0.05, 0.1) is 7.11 Å². The van der Waals surface area contributed by atoms with Crippen molar-refractivity contribution in [2.24, 2.45) is 0 Å². The van der Waals surface area contributed by atoms with E-state index in [1.165, 1.54) is 0 Å². The Morgan fingerprint density at radius 3 is 2.07 bits per heavy atom. The molecule has 1 aromatic heterocycles. The second-order valence-corrected chi connectivity index (χ2v) is 3.63. The van der Waals surface area contributed by atoms with Crippen molar-refractivity contribution in [3.63, 3.8) is 0 Å². The lowest BCUT2D eigenvalue weighted by molar-refractivity contribution is 0.409. The number of ether oxygens (including phenoxy) is 1. The minimum Gasteiger partial charge on any atom is -0.496 e. The fourth-order valence-corrected chi connectivity index (χ4v) is 1.87. The van der Waals surface area contributed by atoms with Crippen LogP contribution in [0.4, 0.5) is 0 Å². The average Bonchev–Trinajstić information content (AvgIpc) is 2.58. The highest BCUT2D eigenvalue weighted by molar-refractivity contribution is 5.85. The first-order valence-electron chi connectivity index (χ1n) is 4.72. The summed E-state index contributed by atoms with van der Waals surface area (Å²) in [5, 5.41) is 8.26. The fourth-order valence-electron chi connectivity index (χ4n) is 1.87. The zero-order valence-electron chi connectivity index (χ0n) is 9.33. The first-order valence-corrected chi connectivity index (χ1v) is 4.72. The molecule has 2 rings (SSSR count). The molecule has 5 nitrogen and oxygen atoms in total. The molecule has 2 aromatic rings. The standard InChI is InChI=1S/C10H14N4O/c1-5-6(2)10(15-4)7(3)9-8(5)12-14(11)13-9/h11H2,1-4H3. The Kier molecular flexibility index (Phi) is 2.03. The first kappa shape index (κ1) is 9.76. The van der Waals surface area contributed by atoms with Crippen LogP contribution in [0.25, 0.3) is 11.0 Å². The fraction of sp³-hybridized carbons (Fsp3) is 0.400. The highest BCUT2D eigenvalue weighted by Crippen LogP contribution is 2.32. The van der Waals surface area contributed by atoms with Gasteiger partial charge in [-0.05, 0) is 31.9 Å². The van der Waals surface area contributed by atoms with Gasteiger partial charge in [0.2, 0.25) is 0 Å². The van der Waals surface area contributed by atoms with Crippen molar-refractivity contribution >= 4 is 11.0 Å². The van der Waals surface area contributed by atoms with E-state index in [1.807, 2.05) is 20.8 Å². The summed E-state index contributed by atoms with van der Waals surface area (Å²) in [4.78, 5) is 1.10. The second-order valence-electron chi connectivity index (χ2n) is 3.63. The molecule has 0 amide bonds. The van der Waals surface area contributed by atoms with Gasteiger partial charge in [0.15, 0.2) is 0 Å². The highest BCUT2D eigenvalue weighted by Gasteiger charge is 2.16. The molecular weight excluding hydrogens is 192 g/mol. The van der Waals surface area contributed by atoms with Gasteiger partial charge in [0, 0.05) is 5.56 Å². The van der Waals surface area contributed by atoms with Gasteiger partial charge in [-0.3, -0.25) is 0 Å². The molecule has 0 saturated heterocycles. The SMILES string of the molecule is COc1c(C)c(C)c2nn(N)nc2c1C. The van der Waals surface area contributed by atoms with Crippen LogP contribution in [0.5, 0.6) is 5.75 Å². The summed E-state index contributed by atoms with van der Waals surface area (Å²) >= 11 is 0. The number of methoxy groups -OCH3 is 1. The summed E-state index contributed by atoms with van der Waals surface area (Å²) < 4.78 is 5.36. The van der Waals surface area contributed by atoms with Crippen molar-refractivity contribution < 1.29 is 4.74 Å². The molecule has 0 unspecified atom stereocenters. The Bertz CT molecular complexity index is 530. The highest BCUT2D eigenvalue weighted by atomic mass is 16.5. The zero-order chi connectivity index (χ0) is 11.2. The molecule has 1 heterocycles. The minimum atomic E-state index is 0.803. The van der Waals surface area contributed by atoms with Crippen molar-refractivity contribution in [2.45, 2.75) is 20.8 Å². The molecule has 0 aliphatic carbocycles. The minimum absolute atomic E-state index is 0.803. The normalized spacial score (nSPS) is 10.9. The van der Waals surface area contributed by atoms with E-state index in [9.17, 15) is 0 Å². The number of fused-ring (bicyclic) bond motifs is 1. The average molecular weight is 206 g/mol. The van der Waals surface area contributed by atoms with Crippen LogP contribution >= 0.6 is 0 Å². The van der Waals surface area contributed by atoms with E-state index >= 15 is 0 Å². The summed E-state index contributed by atoms with van der Waals surface area (Å²) in [5.74, 6) is 6.39. The quantitative estimate of drug-likeness (QED) is 0.709. The molecule has 0 radical (unpaired) electrons. The van der Waals surface area contributed by atoms with Crippen LogP contribution in [-0.2, 0) is 0 Å². The smallest absolute Gasteiger partial charge is 0.127 e. The number of nitrogens with zero attached hydrogens (tertiary/aromatic N) is 3. The van der Waals surface area contributed by atoms with Gasteiger partial charge >= 0.3 is 0 Å². The molecule has 0 aliphatic heterocycles. The predicted molar refractivity (Wildman–Crippen MR) is 58.4 cm³/mol. The summed E-state index contributed by atoms with van der Waals surface area (Å²) in [6.45, 7) is 5.97. The molecule has 80 valence electrons. The predicted octanol–water partition coefficient (Wildman–Crippen LogP) is 1.08. The summed E-state index contributed by atoms with van der Waals surface area (Å²) in [6.07, 6.45) is 0. The number of nitrogens with two attached hydrogens (primary N) is 1. The lowest BCUT2D eigenvalue weighted by Gasteiger charge is -2.10. The molecule has 15 heavy (non-hydrogen) atoms. The van der Waals surface area contributed by atoms with Crippen molar-refractivity contribution in [1.29, 1.82) is 0 Å². The van der Waals surface area contributed by atoms with Crippen LogP contribution < -0.4 is 10.6 Å². The van der Waals surface area contributed by atoms with Crippen molar-refractivity contribution in [2.75, 3.05) is 13.0 Å². The van der Waals surface area contributed by atoms with Gasteiger partial charge in [-0.2, -0.15) is 0 Å². The van der Waals surface area contributed by atoms with Crippen LogP contribution in [0, 0.1) is 20.8 Å². The Morgan fingerprint density at radius 1 is 1.00 bits per heavy atom. The number of aromatic nitrogens is 3. The maximum atomic E-state index is 5.52. The van der Waals surface area contributed by atoms with E-state index in [0.717, 1.165) is 38.4 Å². The van der Waals surface area contributed by atoms with Crippen molar-refractivity contribution in [1.82, 2.24) is 15.1 Å². The molecule has 0 atom stereocenters. The van der Waals surface area contributed by atoms with Gasteiger partial charge in [0.1, 0.15) is 16.8 Å². The Balaban J connectivity index is 2.94. The monoisotopic (exact) mass is 206 g/mol. The van der Waals surface area contributed by atoms with Crippen LogP contribution in [0.1, 0.15) is 16.7 Å². The molecular formula is C10H14N4O. The number of hydrogen-bond donors (Lipinski definition) is 1. The molecule has 5 heteroatoms. The van der Waals surface area contributed by atoms with E-state index in [2.05, 4.69) is 10.2 Å². The second kappa shape index (κ2) is 3.12. The van der Waals surface area contributed by atoms with Crippen LogP contribution in [0.2, 0.25) is 0 Å². The van der Waals surface area contributed by atoms with Gasteiger partial charge in [-0.15, -0.1) is 10.2 Å². The van der Waals surface area contributed by atoms with E-state index in [0.29, 0.717) is 0 Å². The molecule has 2 N–H and O–H groups in total. The number of aryl methyl sites for hydroxylation is 2. The molecule has 1 aromatic carbocycles. The first-order chi connectivity index (χ1) is 7.06. The van der Waals surface area contributed by atoms with Crippen LogP contribution in [-0.4, -0.2) is 22.2 Å². The zero-order valence-corrected chi connectivity index (χ0v) is 9.33. The molecule has 0 bridgehead atoms. The lowest BCUT2D eigenvalue weighted by Crippen LogP contribution is -2.11. The van der Waals surface area contributed by atoms with E-state index < -0.39 is 0 Å². The van der Waals surface area contributed by atoms with Crippen molar-refractivity contribution in [3.8, 4) is 5.75 Å². The van der Waals surface area contributed by atoms with Crippen LogP contribution in [0.15, 0.2) is 0 Å². The third kappa shape index (κ3) is 1.23. The topological polar surface area (TPSA) is 66.0 Å². The molecule has 0 spiro atoms. The largest absolute Gasteiger partial charge is 0.496 e. The number of benzene rings is 1. The summed E-state index contributed by atoms with van der Waals surface area (Å²) in [7, 11) is 1.66. The summed E-state index contributed by atoms with van der Waals surface area (Å²) in [5.41, 5.74) is 4.77. The van der Waals surface area contributed by atoms with Gasteiger partial charge in [-0.1, -0.05) is 4.91 Å². The van der Waals surface area contributed by atoms with E-state index in [-0.39, 0.29) is 0 Å². The Hall–Kier alpha value is -1.78. The van der Waals surface area contributed by atoms with Gasteiger partial charge in [-0.25, -0.2) is 0 Å². The Morgan fingerprint density at radius 2 is 1.53 bits per heavy atom. The Labute approximate surface area is 87.8 Å². The van der Waals surface area contributed by atoms with Gasteiger partial charge < -0.3 is 10.6 Å². The lowest BCUT2D eigenvalue weighted by atomic mass is 10.0. The number of hydrogen-bond acceptors (Lipinski definition) is 4. The maximum Gasteiger partial charge on any atom is 0.127 e.